The molecule has 3 aliphatic rings. The number of hydrogen-bond acceptors (Lipinski definition) is 4. The molecule has 0 spiro atoms. The molecule has 3 aromatic rings. The second-order valence-electron chi connectivity index (χ2n) is 7.44. The van der Waals surface area contributed by atoms with Crippen LogP contribution in [0.15, 0.2) is 63.8 Å². The molecule has 1 N–H and O–H groups in total. The van der Waals surface area contributed by atoms with Crippen molar-refractivity contribution in [3.63, 3.8) is 0 Å². The Balaban J connectivity index is 1.37. The average molecular weight is 362 g/mol. The summed E-state index contributed by atoms with van der Waals surface area (Å²) >= 11 is 0. The van der Waals surface area contributed by atoms with Gasteiger partial charge in [0.15, 0.2) is 5.76 Å². The van der Waals surface area contributed by atoms with Gasteiger partial charge in [-0.05, 0) is 55.6 Å². The number of carbonyl (C=O) groups excluding carboxylic acids is 1. The predicted octanol–water partition coefficient (Wildman–Crippen LogP) is 4.03. The second-order valence-corrected chi connectivity index (χ2v) is 7.44. The maximum atomic E-state index is 12.7. The number of furan rings is 2. The van der Waals surface area contributed by atoms with Crippen LogP contribution in [0.4, 0.5) is 0 Å². The van der Waals surface area contributed by atoms with Crippen molar-refractivity contribution >= 4 is 5.91 Å². The number of hydrogen-bond donors (Lipinski definition) is 1. The zero-order valence-corrected chi connectivity index (χ0v) is 15.1. The molecule has 0 aliphatic carbocycles. The third-order valence-electron chi connectivity index (χ3n) is 5.83. The van der Waals surface area contributed by atoms with Gasteiger partial charge in [-0.2, -0.15) is 0 Å². The normalized spacial score (nSPS) is 24.1. The van der Waals surface area contributed by atoms with Gasteiger partial charge < -0.3 is 19.1 Å². The summed E-state index contributed by atoms with van der Waals surface area (Å²) in [5.41, 5.74) is 2.95. The van der Waals surface area contributed by atoms with E-state index in [2.05, 4.69) is 10.2 Å². The number of fused-ring (bicyclic) bond motifs is 3. The van der Waals surface area contributed by atoms with E-state index < -0.39 is 0 Å². The second kappa shape index (κ2) is 6.74. The van der Waals surface area contributed by atoms with Crippen LogP contribution < -0.4 is 5.32 Å². The highest BCUT2D eigenvalue weighted by Crippen LogP contribution is 2.33. The van der Waals surface area contributed by atoms with E-state index in [0.717, 1.165) is 36.3 Å². The smallest absolute Gasteiger partial charge is 0.287 e. The lowest BCUT2D eigenvalue weighted by molar-refractivity contribution is 0.0606. The number of piperidine rings is 3. The summed E-state index contributed by atoms with van der Waals surface area (Å²) in [4.78, 5) is 15.1. The molecule has 0 radical (unpaired) electrons. The van der Waals surface area contributed by atoms with E-state index in [1.54, 1.807) is 18.6 Å². The molecular weight excluding hydrogens is 340 g/mol. The van der Waals surface area contributed by atoms with Gasteiger partial charge >= 0.3 is 0 Å². The van der Waals surface area contributed by atoms with Crippen molar-refractivity contribution in [1.82, 2.24) is 10.2 Å². The van der Waals surface area contributed by atoms with E-state index in [0.29, 0.717) is 17.4 Å². The highest BCUT2D eigenvalue weighted by atomic mass is 16.4. The number of nitrogens with one attached hydrogen (secondary N) is 1. The fraction of sp³-hybridized carbons (Fsp3) is 0.318. The van der Waals surface area contributed by atoms with Crippen molar-refractivity contribution in [2.75, 3.05) is 19.6 Å². The van der Waals surface area contributed by atoms with Crippen LogP contribution in [-0.4, -0.2) is 36.5 Å². The minimum absolute atomic E-state index is 0.124. The van der Waals surface area contributed by atoms with Crippen LogP contribution in [0, 0.1) is 5.92 Å². The summed E-state index contributed by atoms with van der Waals surface area (Å²) in [7, 11) is 0. The van der Waals surface area contributed by atoms with E-state index in [4.69, 9.17) is 8.83 Å². The fourth-order valence-electron chi connectivity index (χ4n) is 4.34. The molecule has 5 heterocycles. The van der Waals surface area contributed by atoms with E-state index >= 15 is 0 Å². The van der Waals surface area contributed by atoms with Crippen LogP contribution in [0.1, 0.15) is 23.4 Å². The number of rotatable bonds is 4. The summed E-state index contributed by atoms with van der Waals surface area (Å²) in [6.07, 6.45) is 5.71. The molecule has 5 nitrogen and oxygen atoms in total. The van der Waals surface area contributed by atoms with Crippen LogP contribution >= 0.6 is 0 Å². The average Bonchev–Trinajstić information content (AvgIpc) is 3.41. The summed E-state index contributed by atoms with van der Waals surface area (Å²) in [5, 5.41) is 3.18. The summed E-state index contributed by atoms with van der Waals surface area (Å²) < 4.78 is 11.1. The predicted molar refractivity (Wildman–Crippen MR) is 102 cm³/mol. The van der Waals surface area contributed by atoms with Crippen LogP contribution in [0.25, 0.3) is 22.5 Å². The van der Waals surface area contributed by atoms with Crippen LogP contribution in [0.2, 0.25) is 0 Å². The lowest BCUT2D eigenvalue weighted by atomic mass is 9.84. The van der Waals surface area contributed by atoms with E-state index in [1.807, 2.05) is 36.4 Å². The van der Waals surface area contributed by atoms with Gasteiger partial charge in [-0.25, -0.2) is 0 Å². The first-order valence-electron chi connectivity index (χ1n) is 9.53. The molecule has 2 aromatic heterocycles. The summed E-state index contributed by atoms with van der Waals surface area (Å²) in [6, 6.07) is 13.7. The Hall–Kier alpha value is -2.79. The molecule has 1 atom stereocenters. The Bertz CT molecular complexity index is 936. The van der Waals surface area contributed by atoms with Gasteiger partial charge in [0.2, 0.25) is 0 Å². The Morgan fingerprint density at radius 2 is 1.85 bits per heavy atom. The number of benzene rings is 1. The first kappa shape index (κ1) is 16.4. The highest BCUT2D eigenvalue weighted by Gasteiger charge is 2.35. The molecule has 0 saturated carbocycles. The van der Waals surface area contributed by atoms with E-state index in [9.17, 15) is 4.79 Å². The van der Waals surface area contributed by atoms with Gasteiger partial charge in [-0.1, -0.05) is 24.3 Å². The van der Waals surface area contributed by atoms with Crippen LogP contribution in [-0.2, 0) is 0 Å². The zero-order chi connectivity index (χ0) is 18.2. The first-order chi connectivity index (χ1) is 13.3. The van der Waals surface area contributed by atoms with Crippen LogP contribution in [0.3, 0.4) is 0 Å². The molecule has 1 amide bonds. The van der Waals surface area contributed by atoms with Gasteiger partial charge in [-0.3, -0.25) is 4.79 Å². The Kier molecular flexibility index (Phi) is 4.09. The minimum Gasteiger partial charge on any atom is -0.472 e. The molecule has 5 heteroatoms. The maximum absolute atomic E-state index is 12.7. The molecule has 3 saturated heterocycles. The van der Waals surface area contributed by atoms with Gasteiger partial charge in [0, 0.05) is 23.7 Å². The standard InChI is InChI=1S/C22H22N2O3/c25-22(23-19-13-24-10-7-15(19)8-11-24)21-6-5-20(27-21)18-4-2-1-3-17(18)16-9-12-26-14-16/h1-6,9,12,14-15,19H,7-8,10-11,13H2,(H,23,25). The Morgan fingerprint density at radius 3 is 2.56 bits per heavy atom. The third-order valence-corrected chi connectivity index (χ3v) is 5.83. The van der Waals surface area contributed by atoms with Crippen molar-refractivity contribution in [3.05, 3.63) is 60.8 Å². The molecular formula is C22H22N2O3. The monoisotopic (exact) mass is 362 g/mol. The van der Waals surface area contributed by atoms with Gasteiger partial charge in [0.25, 0.3) is 5.91 Å². The Labute approximate surface area is 158 Å². The summed E-state index contributed by atoms with van der Waals surface area (Å²) in [5.74, 6) is 1.52. The largest absolute Gasteiger partial charge is 0.472 e. The number of nitrogens with zero attached hydrogens (tertiary/aromatic N) is 1. The molecule has 1 aromatic carbocycles. The minimum atomic E-state index is -0.124. The third kappa shape index (κ3) is 3.08. The molecule has 3 fully saturated rings. The fourth-order valence-corrected chi connectivity index (χ4v) is 4.34. The Morgan fingerprint density at radius 1 is 1.04 bits per heavy atom. The van der Waals surface area contributed by atoms with Crippen molar-refractivity contribution in [2.45, 2.75) is 18.9 Å². The van der Waals surface area contributed by atoms with Gasteiger partial charge in [-0.15, -0.1) is 0 Å². The first-order valence-corrected chi connectivity index (χ1v) is 9.53. The lowest BCUT2D eigenvalue weighted by Crippen LogP contribution is -2.57. The maximum Gasteiger partial charge on any atom is 0.287 e. The highest BCUT2D eigenvalue weighted by molar-refractivity contribution is 5.93. The molecule has 3 aliphatic heterocycles. The van der Waals surface area contributed by atoms with Gasteiger partial charge in [0.05, 0.1) is 12.5 Å². The quantitative estimate of drug-likeness (QED) is 0.761. The number of amides is 1. The van der Waals surface area contributed by atoms with E-state index in [1.165, 1.54) is 12.8 Å². The van der Waals surface area contributed by atoms with Crippen molar-refractivity contribution in [2.24, 2.45) is 5.92 Å². The van der Waals surface area contributed by atoms with Crippen molar-refractivity contribution in [3.8, 4) is 22.5 Å². The summed E-state index contributed by atoms with van der Waals surface area (Å²) in [6.45, 7) is 3.27. The van der Waals surface area contributed by atoms with Crippen molar-refractivity contribution < 1.29 is 13.6 Å². The zero-order valence-electron chi connectivity index (χ0n) is 15.1. The SMILES string of the molecule is O=C(NC1CN2CCC1CC2)c1ccc(-c2ccccc2-c2ccoc2)o1. The van der Waals surface area contributed by atoms with Crippen LogP contribution in [0.5, 0.6) is 0 Å². The molecule has 138 valence electrons. The van der Waals surface area contributed by atoms with E-state index in [-0.39, 0.29) is 11.9 Å². The molecule has 27 heavy (non-hydrogen) atoms. The number of carbonyl (C=O) groups is 1. The lowest BCUT2D eigenvalue weighted by Gasteiger charge is -2.44. The van der Waals surface area contributed by atoms with Gasteiger partial charge in [0.1, 0.15) is 5.76 Å². The topological polar surface area (TPSA) is 58.6 Å². The molecule has 6 rings (SSSR count). The van der Waals surface area contributed by atoms with Crippen molar-refractivity contribution in [1.29, 1.82) is 0 Å². The molecule has 1 unspecified atom stereocenters. The molecule has 2 bridgehead atoms.